The van der Waals surface area contributed by atoms with Crippen molar-refractivity contribution in [2.24, 2.45) is 0 Å². The highest BCUT2D eigenvalue weighted by Crippen LogP contribution is 2.48. The Kier molecular flexibility index (Phi) is 5.47. The van der Waals surface area contributed by atoms with Gasteiger partial charge < -0.3 is 4.90 Å². The number of benzene rings is 5. The smallest absolute Gasteiger partial charge is 0.0465 e. The van der Waals surface area contributed by atoms with Crippen LogP contribution >= 0.6 is 0 Å². The lowest BCUT2D eigenvalue weighted by Crippen LogP contribution is -2.11. The molecular weight excluding hydrogens is 422 g/mol. The van der Waals surface area contributed by atoms with E-state index >= 15 is 0 Å². The third-order valence-electron chi connectivity index (χ3n) is 7.16. The third kappa shape index (κ3) is 4.04. The van der Waals surface area contributed by atoms with Crippen molar-refractivity contribution in [3.05, 3.63) is 149 Å². The van der Waals surface area contributed by atoms with Gasteiger partial charge in [-0.3, -0.25) is 0 Å². The van der Waals surface area contributed by atoms with Crippen LogP contribution in [0, 0.1) is 13.8 Å². The number of anilines is 3. The minimum Gasteiger partial charge on any atom is -0.310 e. The topological polar surface area (TPSA) is 3.24 Å². The number of fused-ring (bicyclic) bond motifs is 3. The van der Waals surface area contributed by atoms with E-state index in [9.17, 15) is 0 Å². The number of hydrogen-bond acceptors (Lipinski definition) is 1. The molecule has 0 saturated carbocycles. The molecule has 5 aromatic rings. The quantitative estimate of drug-likeness (QED) is 0.257. The van der Waals surface area contributed by atoms with Crippen molar-refractivity contribution in [2.75, 3.05) is 4.90 Å². The molecule has 1 unspecified atom stereocenters. The van der Waals surface area contributed by atoms with Gasteiger partial charge in [-0.25, -0.2) is 0 Å². The van der Waals surface area contributed by atoms with Crippen LogP contribution in [0.3, 0.4) is 0 Å². The van der Waals surface area contributed by atoms with Crippen LogP contribution in [0.1, 0.15) is 33.7 Å². The first-order valence-electron chi connectivity index (χ1n) is 12.4. The lowest BCUT2D eigenvalue weighted by Gasteiger charge is -2.27. The van der Waals surface area contributed by atoms with Crippen molar-refractivity contribution in [1.29, 1.82) is 0 Å². The highest BCUT2D eigenvalue weighted by atomic mass is 15.1. The number of nitrogens with zero attached hydrogens (tertiary/aromatic N) is 1. The van der Waals surface area contributed by atoms with Gasteiger partial charge in [0.15, 0.2) is 0 Å². The molecule has 1 nitrogen and oxygen atoms in total. The maximum Gasteiger partial charge on any atom is 0.0465 e. The fourth-order valence-electron chi connectivity index (χ4n) is 5.34. The molecule has 1 heteroatoms. The van der Waals surface area contributed by atoms with Crippen LogP contribution in [0.5, 0.6) is 0 Å². The van der Waals surface area contributed by atoms with E-state index in [2.05, 4.69) is 140 Å². The summed E-state index contributed by atoms with van der Waals surface area (Å²) in [6.07, 6.45) is 1.00. The van der Waals surface area contributed by atoms with E-state index in [0.29, 0.717) is 5.92 Å². The molecule has 0 bridgehead atoms. The first-order chi connectivity index (χ1) is 17.2. The second kappa shape index (κ2) is 8.92. The van der Waals surface area contributed by atoms with Crippen molar-refractivity contribution in [3.63, 3.8) is 0 Å². The van der Waals surface area contributed by atoms with E-state index in [1.165, 1.54) is 56.0 Å². The standard InChI is InChI=1S/C34H29N/c1-24-12-16-27(17-13-24)35(28-18-14-25(2)15-19-28)29-20-21-32-30-10-6-7-11-31(30)33(34(32)23-29)22-26-8-4-3-5-9-26/h3-21,23,33H,22H2,1-2H3. The molecule has 0 amide bonds. The highest BCUT2D eigenvalue weighted by Gasteiger charge is 2.29. The van der Waals surface area contributed by atoms with Crippen molar-refractivity contribution in [2.45, 2.75) is 26.2 Å². The average molecular weight is 452 g/mol. The second-order valence-electron chi connectivity index (χ2n) is 9.61. The van der Waals surface area contributed by atoms with Crippen molar-refractivity contribution >= 4 is 17.1 Å². The Morgan fingerprint density at radius 3 is 1.71 bits per heavy atom. The summed E-state index contributed by atoms with van der Waals surface area (Å²) in [5.74, 6) is 0.349. The largest absolute Gasteiger partial charge is 0.310 e. The molecule has 0 saturated heterocycles. The van der Waals surface area contributed by atoms with Crippen LogP contribution in [-0.4, -0.2) is 0 Å². The minimum atomic E-state index is 0.349. The first kappa shape index (κ1) is 21.4. The van der Waals surface area contributed by atoms with E-state index in [0.717, 1.165) is 6.42 Å². The van der Waals surface area contributed by atoms with Crippen LogP contribution in [0.25, 0.3) is 11.1 Å². The van der Waals surface area contributed by atoms with Crippen LogP contribution in [0.2, 0.25) is 0 Å². The van der Waals surface area contributed by atoms with Gasteiger partial charge in [-0.1, -0.05) is 96.1 Å². The molecule has 0 N–H and O–H groups in total. The molecule has 0 spiro atoms. The second-order valence-corrected chi connectivity index (χ2v) is 9.61. The van der Waals surface area contributed by atoms with Gasteiger partial charge in [-0.15, -0.1) is 0 Å². The molecule has 0 aliphatic heterocycles. The van der Waals surface area contributed by atoms with E-state index < -0.39 is 0 Å². The van der Waals surface area contributed by atoms with E-state index in [1.807, 2.05) is 0 Å². The van der Waals surface area contributed by atoms with Gasteiger partial charge in [0.2, 0.25) is 0 Å². The van der Waals surface area contributed by atoms with Gasteiger partial charge in [0.25, 0.3) is 0 Å². The van der Waals surface area contributed by atoms with Crippen LogP contribution in [0.15, 0.2) is 121 Å². The van der Waals surface area contributed by atoms with Gasteiger partial charge in [0, 0.05) is 23.0 Å². The molecule has 0 aromatic heterocycles. The van der Waals surface area contributed by atoms with Crippen molar-refractivity contribution in [1.82, 2.24) is 0 Å². The predicted molar refractivity (Wildman–Crippen MR) is 148 cm³/mol. The summed E-state index contributed by atoms with van der Waals surface area (Å²) in [5, 5.41) is 0. The monoisotopic (exact) mass is 451 g/mol. The molecule has 1 aliphatic carbocycles. The molecule has 1 atom stereocenters. The van der Waals surface area contributed by atoms with E-state index in [-0.39, 0.29) is 0 Å². The number of hydrogen-bond donors (Lipinski definition) is 0. The maximum atomic E-state index is 2.42. The summed E-state index contributed by atoms with van der Waals surface area (Å²) < 4.78 is 0. The molecule has 5 aromatic carbocycles. The summed E-state index contributed by atoms with van der Waals surface area (Å²) in [7, 11) is 0. The summed E-state index contributed by atoms with van der Waals surface area (Å²) in [4.78, 5) is 2.38. The zero-order valence-electron chi connectivity index (χ0n) is 20.3. The maximum absolute atomic E-state index is 2.42. The van der Waals surface area contributed by atoms with Gasteiger partial charge in [0.05, 0.1) is 0 Å². The molecule has 170 valence electrons. The normalized spacial score (nSPS) is 13.8. The zero-order valence-corrected chi connectivity index (χ0v) is 20.3. The zero-order chi connectivity index (χ0) is 23.8. The van der Waals surface area contributed by atoms with Gasteiger partial charge >= 0.3 is 0 Å². The lowest BCUT2D eigenvalue weighted by atomic mass is 9.90. The fraction of sp³-hybridized carbons (Fsp3) is 0.118. The van der Waals surface area contributed by atoms with Gasteiger partial charge in [-0.05, 0) is 84.5 Å². The van der Waals surface area contributed by atoms with Crippen molar-refractivity contribution < 1.29 is 0 Å². The first-order valence-corrected chi connectivity index (χ1v) is 12.4. The SMILES string of the molecule is Cc1ccc(N(c2ccc(C)cc2)c2ccc3c(c2)C(Cc2ccccc2)c2ccccc2-3)cc1. The molecule has 35 heavy (non-hydrogen) atoms. The highest BCUT2D eigenvalue weighted by molar-refractivity contribution is 5.84. The Morgan fingerprint density at radius 1 is 0.514 bits per heavy atom. The van der Waals surface area contributed by atoms with Crippen molar-refractivity contribution in [3.8, 4) is 11.1 Å². The third-order valence-corrected chi connectivity index (χ3v) is 7.16. The molecule has 0 heterocycles. The average Bonchev–Trinajstić information content (AvgIpc) is 3.20. The van der Waals surface area contributed by atoms with Gasteiger partial charge in [-0.2, -0.15) is 0 Å². The summed E-state index contributed by atoms with van der Waals surface area (Å²) >= 11 is 0. The van der Waals surface area contributed by atoms with Crippen LogP contribution < -0.4 is 4.90 Å². The summed E-state index contributed by atoms with van der Waals surface area (Å²) in [6, 6.07) is 44.5. The Bertz CT molecular complexity index is 1420. The Balaban J connectivity index is 1.49. The van der Waals surface area contributed by atoms with Crippen LogP contribution in [-0.2, 0) is 6.42 Å². The molecule has 0 radical (unpaired) electrons. The predicted octanol–water partition coefficient (Wildman–Crippen LogP) is 9.13. The Hall–Kier alpha value is -4.10. The van der Waals surface area contributed by atoms with Gasteiger partial charge in [0.1, 0.15) is 0 Å². The summed E-state index contributed by atoms with van der Waals surface area (Å²) in [5.41, 5.74) is 13.0. The molecular formula is C34H29N. The van der Waals surface area contributed by atoms with E-state index in [4.69, 9.17) is 0 Å². The molecule has 1 aliphatic rings. The Labute approximate surface area is 208 Å². The minimum absolute atomic E-state index is 0.349. The fourth-order valence-corrected chi connectivity index (χ4v) is 5.34. The van der Waals surface area contributed by atoms with Crippen LogP contribution in [0.4, 0.5) is 17.1 Å². The number of rotatable bonds is 5. The van der Waals surface area contributed by atoms with E-state index in [1.54, 1.807) is 0 Å². The molecule has 0 fully saturated rings. The molecule has 6 rings (SSSR count). The Morgan fingerprint density at radius 2 is 1.06 bits per heavy atom. The number of aryl methyl sites for hydroxylation is 2. The summed E-state index contributed by atoms with van der Waals surface area (Å²) in [6.45, 7) is 4.28. The lowest BCUT2D eigenvalue weighted by molar-refractivity contribution is 0.827.